The summed E-state index contributed by atoms with van der Waals surface area (Å²) in [7, 11) is 0. The lowest BCUT2D eigenvalue weighted by molar-refractivity contribution is 0.411. The molecule has 2 aromatic heterocycles. The number of hydrogen-bond acceptors (Lipinski definition) is 7. The van der Waals surface area contributed by atoms with Gasteiger partial charge in [-0.3, -0.25) is 0 Å². The lowest BCUT2D eigenvalue weighted by Crippen LogP contribution is -2.30. The van der Waals surface area contributed by atoms with E-state index >= 15 is 0 Å². The molecule has 0 saturated heterocycles. The van der Waals surface area contributed by atoms with E-state index in [0.29, 0.717) is 0 Å². The average molecular weight is 408 g/mol. The van der Waals surface area contributed by atoms with Crippen LogP contribution in [0.4, 0.5) is 0 Å². The van der Waals surface area contributed by atoms with E-state index in [2.05, 4.69) is 48.8 Å². The predicted molar refractivity (Wildman–Crippen MR) is 112 cm³/mol. The lowest BCUT2D eigenvalue weighted by atomic mass is 10.1. The molecule has 0 unspecified atom stereocenters. The second kappa shape index (κ2) is 7.19. The first-order valence-corrected chi connectivity index (χ1v) is 11.7. The third-order valence-electron chi connectivity index (χ3n) is 3.86. The summed E-state index contributed by atoms with van der Waals surface area (Å²) in [6.45, 7) is 6.72. The molecule has 0 fully saturated rings. The van der Waals surface area contributed by atoms with E-state index < -0.39 is 0 Å². The Labute approximate surface area is 164 Å². The standard InChI is InChI=1S/C18H21N3S4/c1-18(2,3)21(24-16-19-12-8-4-6-10-14(12)22-16)25-17-20-13-9-5-7-11-15(13)23-17/h8-11H,4-7H2,1-3H3. The molecule has 4 rings (SSSR count). The number of hydrogen-bond donors (Lipinski definition) is 0. The number of rotatable bonds is 4. The van der Waals surface area contributed by atoms with Crippen LogP contribution in [0.2, 0.25) is 0 Å². The van der Waals surface area contributed by atoms with E-state index in [9.17, 15) is 0 Å². The van der Waals surface area contributed by atoms with Crippen molar-refractivity contribution in [2.24, 2.45) is 0 Å². The first kappa shape index (κ1) is 17.8. The lowest BCUT2D eigenvalue weighted by Gasteiger charge is -2.31. The third-order valence-corrected chi connectivity index (χ3v) is 8.90. The fourth-order valence-corrected chi connectivity index (χ4v) is 7.39. The Hall–Kier alpha value is -0.600. The van der Waals surface area contributed by atoms with Gasteiger partial charge in [-0.15, -0.1) is 22.7 Å². The number of aromatic nitrogens is 2. The van der Waals surface area contributed by atoms with Gasteiger partial charge in [0, 0.05) is 29.4 Å². The van der Waals surface area contributed by atoms with Crippen LogP contribution in [0.25, 0.3) is 24.3 Å². The Morgan fingerprint density at radius 2 is 1.24 bits per heavy atom. The number of thiazole rings is 2. The number of nitrogens with zero attached hydrogens (tertiary/aromatic N) is 3. The zero-order chi connectivity index (χ0) is 17.4. The van der Waals surface area contributed by atoms with Crippen LogP contribution in [0.3, 0.4) is 0 Å². The van der Waals surface area contributed by atoms with Crippen molar-refractivity contribution in [1.82, 2.24) is 13.7 Å². The highest BCUT2D eigenvalue weighted by molar-refractivity contribution is 8.13. The largest absolute Gasteiger partial charge is 0.229 e. The molecule has 2 heterocycles. The van der Waals surface area contributed by atoms with Gasteiger partial charge in [0.15, 0.2) is 8.68 Å². The molecule has 0 spiro atoms. The van der Waals surface area contributed by atoms with Crippen LogP contribution in [-0.4, -0.2) is 19.2 Å². The van der Waals surface area contributed by atoms with Gasteiger partial charge in [-0.25, -0.2) is 9.97 Å². The molecule has 0 saturated carbocycles. The summed E-state index contributed by atoms with van der Waals surface area (Å²) >= 11 is 7.08. The molecule has 0 amide bonds. The summed E-state index contributed by atoms with van der Waals surface area (Å²) in [5, 5.41) is 2.32. The van der Waals surface area contributed by atoms with Crippen molar-refractivity contribution in [2.75, 3.05) is 0 Å². The summed E-state index contributed by atoms with van der Waals surface area (Å²) in [5.41, 5.74) is 0.00847. The minimum absolute atomic E-state index is 0.00847. The van der Waals surface area contributed by atoms with Crippen LogP contribution in [0.5, 0.6) is 0 Å². The van der Waals surface area contributed by atoms with E-state index in [0.717, 1.165) is 45.1 Å². The molecule has 0 aliphatic heterocycles. The Morgan fingerprint density at radius 3 is 1.64 bits per heavy atom. The van der Waals surface area contributed by atoms with E-state index in [-0.39, 0.29) is 5.54 Å². The highest BCUT2D eigenvalue weighted by Gasteiger charge is 2.26. The fraction of sp³-hybridized carbons (Fsp3) is 0.444. The highest BCUT2D eigenvalue weighted by atomic mass is 32.2. The van der Waals surface area contributed by atoms with Crippen molar-refractivity contribution in [3.63, 3.8) is 0 Å². The van der Waals surface area contributed by atoms with E-state index in [4.69, 9.17) is 9.97 Å². The molecule has 3 nitrogen and oxygen atoms in total. The van der Waals surface area contributed by atoms with E-state index in [1.54, 1.807) is 46.6 Å². The van der Waals surface area contributed by atoms with Gasteiger partial charge in [0.25, 0.3) is 0 Å². The minimum atomic E-state index is 0.00847. The molecular weight excluding hydrogens is 386 g/mol. The van der Waals surface area contributed by atoms with Crippen LogP contribution in [-0.2, 0) is 0 Å². The molecule has 2 aromatic rings. The molecule has 0 bridgehead atoms. The maximum atomic E-state index is 4.82. The maximum Gasteiger partial charge on any atom is 0.167 e. The summed E-state index contributed by atoms with van der Waals surface area (Å²) < 4.78 is 7.20. The molecule has 0 N–H and O–H groups in total. The van der Waals surface area contributed by atoms with Crippen molar-refractivity contribution in [3.05, 3.63) is 19.8 Å². The molecule has 2 aliphatic rings. The maximum absolute atomic E-state index is 4.82. The van der Waals surface area contributed by atoms with Crippen LogP contribution >= 0.6 is 46.6 Å². The molecule has 0 radical (unpaired) electrons. The Balaban J connectivity index is 1.61. The normalized spacial score (nSPS) is 16.3. The molecule has 0 atom stereocenters. The van der Waals surface area contributed by atoms with Crippen LogP contribution < -0.4 is 19.8 Å². The summed E-state index contributed by atoms with van der Waals surface area (Å²) in [6.07, 6.45) is 13.6. The van der Waals surface area contributed by atoms with Gasteiger partial charge in [0.2, 0.25) is 0 Å². The Morgan fingerprint density at radius 1 is 0.800 bits per heavy atom. The van der Waals surface area contributed by atoms with Crippen LogP contribution in [0.1, 0.15) is 46.5 Å². The zero-order valence-corrected chi connectivity index (χ0v) is 17.9. The molecule has 7 heteroatoms. The summed E-state index contributed by atoms with van der Waals surface area (Å²) in [6, 6.07) is 0. The molecule has 0 aromatic carbocycles. The van der Waals surface area contributed by atoms with Gasteiger partial charge >= 0.3 is 0 Å². The van der Waals surface area contributed by atoms with Gasteiger partial charge in [-0.05, 0) is 46.5 Å². The van der Waals surface area contributed by atoms with Gasteiger partial charge in [-0.2, -0.15) is 3.71 Å². The zero-order valence-electron chi connectivity index (χ0n) is 14.6. The first-order chi connectivity index (χ1) is 12.0. The van der Waals surface area contributed by atoms with Crippen molar-refractivity contribution in [2.45, 2.75) is 60.7 Å². The van der Waals surface area contributed by atoms with Crippen molar-refractivity contribution in [3.8, 4) is 0 Å². The Kier molecular flexibility index (Phi) is 5.12. The van der Waals surface area contributed by atoms with Crippen LogP contribution in [0.15, 0.2) is 8.68 Å². The van der Waals surface area contributed by atoms with Crippen molar-refractivity contribution >= 4 is 70.9 Å². The molecule has 132 valence electrons. The second-order valence-corrected chi connectivity index (χ2v) is 11.7. The van der Waals surface area contributed by atoms with Crippen molar-refractivity contribution < 1.29 is 0 Å². The summed E-state index contributed by atoms with van der Waals surface area (Å²) in [5.74, 6) is 0. The smallest absolute Gasteiger partial charge is 0.167 e. The van der Waals surface area contributed by atoms with E-state index in [1.807, 2.05) is 0 Å². The average Bonchev–Trinajstić information content (AvgIpc) is 3.15. The van der Waals surface area contributed by atoms with Crippen molar-refractivity contribution in [1.29, 1.82) is 0 Å². The van der Waals surface area contributed by atoms with Crippen LogP contribution in [0, 0.1) is 0 Å². The predicted octanol–water partition coefficient (Wildman–Crippen LogP) is 3.12. The van der Waals surface area contributed by atoms with Gasteiger partial charge in [0.05, 0.1) is 19.8 Å². The van der Waals surface area contributed by atoms with Gasteiger partial charge in [-0.1, -0.05) is 24.3 Å². The fourth-order valence-electron chi connectivity index (χ4n) is 2.61. The molecule has 25 heavy (non-hydrogen) atoms. The monoisotopic (exact) mass is 407 g/mol. The SMILES string of the molecule is CC(C)(C)N(Sc1nc2c(s1)=CCCC=2)Sc1nc2c(s1)=CCCC=2. The Bertz CT molecular complexity index is 867. The van der Waals surface area contributed by atoms with Gasteiger partial charge in [0.1, 0.15) is 0 Å². The second-order valence-electron chi connectivity index (χ2n) is 7.04. The first-order valence-electron chi connectivity index (χ1n) is 8.50. The van der Waals surface area contributed by atoms with Gasteiger partial charge < -0.3 is 0 Å². The molecule has 2 aliphatic carbocycles. The van der Waals surface area contributed by atoms with E-state index in [1.165, 1.54) is 9.06 Å². The highest BCUT2D eigenvalue weighted by Crippen LogP contribution is 2.40. The third kappa shape index (κ3) is 4.06. The summed E-state index contributed by atoms with van der Waals surface area (Å²) in [4.78, 5) is 9.64. The molecular formula is C18H21N3S4. The topological polar surface area (TPSA) is 29.0 Å². The quantitative estimate of drug-likeness (QED) is 0.727. The number of fused-ring (bicyclic) bond motifs is 2. The minimum Gasteiger partial charge on any atom is -0.229 e.